The maximum absolute atomic E-state index is 5.79. The predicted molar refractivity (Wildman–Crippen MR) is 314 cm³/mol. The van der Waals surface area contributed by atoms with Crippen LogP contribution in [-0.4, -0.2) is 20.7 Å². The molecule has 0 saturated heterocycles. The minimum atomic E-state index is -0.126. The van der Waals surface area contributed by atoms with E-state index in [-0.39, 0.29) is 17.8 Å². The topological polar surface area (TPSA) is 34.6 Å². The summed E-state index contributed by atoms with van der Waals surface area (Å²) in [6, 6.07) is 84.2. The van der Waals surface area contributed by atoms with Gasteiger partial charge in [0.05, 0.1) is 33.5 Å². The van der Waals surface area contributed by atoms with Crippen molar-refractivity contribution >= 4 is 71.6 Å². The first kappa shape index (κ1) is 45.0. The summed E-state index contributed by atoms with van der Waals surface area (Å²) in [7, 11) is 0. The normalized spacial score (nSPS) is 15.7. The SMILES string of the molecule is Cc1ccc(-n2c3ccccc3c3ccccc32)cc1-c1ccc2c3ccccc3n(-c3ccc4ccccc4c3)c2c1C(C)C(C)C1=N/C(c2ccccc2)=C/CC(C)C(c2ccc(-c3ccccc3)cc2)=N1. The molecule has 0 saturated carbocycles. The summed E-state index contributed by atoms with van der Waals surface area (Å²) < 4.78 is 4.97. The largest absolute Gasteiger partial charge is 0.309 e. The number of nitrogens with zero attached hydrogens (tertiary/aromatic N) is 4. The van der Waals surface area contributed by atoms with Gasteiger partial charge in [-0.25, -0.2) is 9.98 Å². The van der Waals surface area contributed by atoms with Gasteiger partial charge in [0.2, 0.25) is 0 Å². The Hall–Kier alpha value is -8.86. The number of aryl methyl sites for hydroxylation is 1. The van der Waals surface area contributed by atoms with Gasteiger partial charge in [-0.3, -0.25) is 0 Å². The molecule has 0 N–H and O–H groups in total. The Balaban J connectivity index is 1.06. The fourth-order valence-electron chi connectivity index (χ4n) is 11.7. The molecule has 0 bridgehead atoms. The van der Waals surface area contributed by atoms with Crippen LogP contribution in [0.5, 0.6) is 0 Å². The van der Waals surface area contributed by atoms with Crippen molar-refractivity contribution in [3.63, 3.8) is 0 Å². The zero-order valence-corrected chi connectivity index (χ0v) is 42.2. The first-order chi connectivity index (χ1) is 36.4. The van der Waals surface area contributed by atoms with Crippen molar-refractivity contribution in [2.24, 2.45) is 21.8 Å². The number of aliphatic imine (C=N–C) groups is 2. The molecule has 3 unspecified atom stereocenters. The fourth-order valence-corrected chi connectivity index (χ4v) is 11.7. The van der Waals surface area contributed by atoms with Crippen LogP contribution in [0.2, 0.25) is 0 Å². The molecule has 1 aliphatic rings. The van der Waals surface area contributed by atoms with E-state index >= 15 is 0 Å². The summed E-state index contributed by atoms with van der Waals surface area (Å²) in [5, 5.41) is 7.38. The quantitative estimate of drug-likeness (QED) is 0.138. The molecule has 3 heterocycles. The zero-order chi connectivity index (χ0) is 49.9. The minimum Gasteiger partial charge on any atom is -0.309 e. The number of fused-ring (bicyclic) bond motifs is 7. The third-order valence-electron chi connectivity index (χ3n) is 15.8. The lowest BCUT2D eigenvalue weighted by Gasteiger charge is -2.28. The van der Waals surface area contributed by atoms with E-state index < -0.39 is 0 Å². The van der Waals surface area contributed by atoms with Crippen molar-refractivity contribution in [2.75, 3.05) is 0 Å². The Morgan fingerprint density at radius 1 is 0.432 bits per heavy atom. The van der Waals surface area contributed by atoms with Gasteiger partial charge in [-0.15, -0.1) is 0 Å². The van der Waals surface area contributed by atoms with Crippen LogP contribution in [0.4, 0.5) is 0 Å². The Morgan fingerprint density at radius 2 is 0.973 bits per heavy atom. The predicted octanol–water partition coefficient (Wildman–Crippen LogP) is 18.4. The molecule has 0 spiro atoms. The van der Waals surface area contributed by atoms with Gasteiger partial charge >= 0.3 is 0 Å². The highest BCUT2D eigenvalue weighted by molar-refractivity contribution is 6.14. The molecular weight excluding hydrogens is 897 g/mol. The van der Waals surface area contributed by atoms with E-state index in [0.717, 1.165) is 46.2 Å². The second-order valence-electron chi connectivity index (χ2n) is 20.3. The highest BCUT2D eigenvalue weighted by Crippen LogP contribution is 2.46. The van der Waals surface area contributed by atoms with Crippen molar-refractivity contribution in [2.45, 2.75) is 40.0 Å². The van der Waals surface area contributed by atoms with Crippen molar-refractivity contribution in [3.05, 3.63) is 259 Å². The first-order valence-corrected chi connectivity index (χ1v) is 26.1. The molecule has 3 atom stereocenters. The van der Waals surface area contributed by atoms with Gasteiger partial charge in [-0.2, -0.15) is 0 Å². The molecule has 12 aromatic rings. The van der Waals surface area contributed by atoms with Crippen LogP contribution < -0.4 is 0 Å². The van der Waals surface area contributed by atoms with E-state index in [1.54, 1.807) is 0 Å². The summed E-state index contributed by atoms with van der Waals surface area (Å²) >= 11 is 0. The number of amidine groups is 1. The van der Waals surface area contributed by atoms with Crippen molar-refractivity contribution < 1.29 is 0 Å². The van der Waals surface area contributed by atoms with Crippen LogP contribution in [0.15, 0.2) is 247 Å². The molecule has 74 heavy (non-hydrogen) atoms. The number of hydrogen-bond donors (Lipinski definition) is 0. The van der Waals surface area contributed by atoms with Crippen LogP contribution in [0.25, 0.3) is 93.7 Å². The summed E-state index contributed by atoms with van der Waals surface area (Å²) in [5.41, 5.74) is 18.6. The molecule has 356 valence electrons. The molecule has 0 fully saturated rings. The van der Waals surface area contributed by atoms with Crippen LogP contribution in [-0.2, 0) is 0 Å². The summed E-state index contributed by atoms with van der Waals surface area (Å²) in [6.07, 6.45) is 3.15. The number of hydrogen-bond acceptors (Lipinski definition) is 2. The van der Waals surface area contributed by atoms with E-state index in [1.165, 1.54) is 87.8 Å². The highest BCUT2D eigenvalue weighted by atomic mass is 15.0. The van der Waals surface area contributed by atoms with Gasteiger partial charge in [0.25, 0.3) is 0 Å². The lowest BCUT2D eigenvalue weighted by molar-refractivity contribution is 0.622. The van der Waals surface area contributed by atoms with Crippen LogP contribution in [0.3, 0.4) is 0 Å². The van der Waals surface area contributed by atoms with E-state index in [0.29, 0.717) is 0 Å². The lowest BCUT2D eigenvalue weighted by Crippen LogP contribution is -2.23. The molecular formula is C70H56N4. The third kappa shape index (κ3) is 7.77. The third-order valence-corrected chi connectivity index (χ3v) is 15.8. The van der Waals surface area contributed by atoms with E-state index in [2.05, 4.69) is 273 Å². The van der Waals surface area contributed by atoms with E-state index in [9.17, 15) is 0 Å². The molecule has 1 aliphatic heterocycles. The van der Waals surface area contributed by atoms with Gasteiger partial charge in [0.1, 0.15) is 5.84 Å². The maximum atomic E-state index is 5.79. The van der Waals surface area contributed by atoms with Gasteiger partial charge in [0, 0.05) is 44.8 Å². The molecule has 2 aromatic heterocycles. The van der Waals surface area contributed by atoms with Crippen molar-refractivity contribution in [3.8, 4) is 33.6 Å². The second-order valence-corrected chi connectivity index (χ2v) is 20.3. The smallest absolute Gasteiger partial charge is 0.132 e. The standard InChI is InChI=1S/C70H56N4/c1-45-31-38-56(73-64-28-16-13-25-57(64)58-26-14-17-29-65(58)73)44-62(45)60-40-41-61-59-27-15-18-30-66(59)74(55-39-37-50-21-11-12-24-54(50)43-55)69(61)67(60)47(3)48(4)70-71-63(52-22-9-6-10-23-52)42-32-46(2)68(72-70)53-35-33-51(34-36-53)49-19-7-5-8-20-49/h5-31,33-44,46-48H,32H2,1-4H3/b63-42+,71-70?,72-68?. The lowest BCUT2D eigenvalue weighted by atomic mass is 9.81. The van der Waals surface area contributed by atoms with E-state index in [1.807, 2.05) is 0 Å². The van der Waals surface area contributed by atoms with Gasteiger partial charge in [0.15, 0.2) is 0 Å². The number of benzene rings is 10. The maximum Gasteiger partial charge on any atom is 0.132 e. The molecule has 0 amide bonds. The fraction of sp³-hybridized carbons (Fsp3) is 0.114. The van der Waals surface area contributed by atoms with Gasteiger partial charge in [-0.05, 0) is 117 Å². The van der Waals surface area contributed by atoms with Crippen LogP contribution >= 0.6 is 0 Å². The van der Waals surface area contributed by atoms with Gasteiger partial charge in [-0.1, -0.05) is 215 Å². The molecule has 0 aliphatic carbocycles. The Morgan fingerprint density at radius 3 is 1.66 bits per heavy atom. The van der Waals surface area contributed by atoms with Crippen molar-refractivity contribution in [1.29, 1.82) is 0 Å². The average Bonchev–Trinajstić information content (AvgIpc) is 3.98. The Labute approximate surface area is 432 Å². The average molecular weight is 953 g/mol. The Kier molecular flexibility index (Phi) is 11.3. The van der Waals surface area contributed by atoms with Crippen LogP contribution in [0, 0.1) is 18.8 Å². The molecule has 13 rings (SSSR count). The summed E-state index contributed by atoms with van der Waals surface area (Å²) in [4.78, 5) is 11.5. The number of rotatable bonds is 9. The number of aromatic nitrogens is 2. The first-order valence-electron chi connectivity index (χ1n) is 26.1. The summed E-state index contributed by atoms with van der Waals surface area (Å²) in [6.45, 7) is 9.35. The monoisotopic (exact) mass is 952 g/mol. The van der Waals surface area contributed by atoms with Crippen molar-refractivity contribution in [1.82, 2.24) is 9.13 Å². The molecule has 4 nitrogen and oxygen atoms in total. The van der Waals surface area contributed by atoms with Gasteiger partial charge < -0.3 is 9.13 Å². The second kappa shape index (κ2) is 18.6. The molecule has 10 aromatic carbocycles. The molecule has 4 heteroatoms. The molecule has 0 radical (unpaired) electrons. The zero-order valence-electron chi connectivity index (χ0n) is 42.2. The highest BCUT2D eigenvalue weighted by Gasteiger charge is 2.30. The summed E-state index contributed by atoms with van der Waals surface area (Å²) in [5.74, 6) is 0.780. The van der Waals surface area contributed by atoms with Crippen LogP contribution in [0.1, 0.15) is 55.4 Å². The number of para-hydroxylation sites is 3. The minimum absolute atomic E-state index is 0.0653. The Bertz CT molecular complexity index is 4150. The van der Waals surface area contributed by atoms with E-state index in [4.69, 9.17) is 9.98 Å². The number of allylic oxidation sites excluding steroid dienone is 1.